The number of aryl methyl sites for hydroxylation is 1. The Balaban J connectivity index is 2.42. The third kappa shape index (κ3) is 1.45. The van der Waals surface area contributed by atoms with Crippen LogP contribution in [-0.2, 0) is 12.8 Å². The first kappa shape index (κ1) is 8.67. The van der Waals surface area contributed by atoms with Crippen molar-refractivity contribution in [2.45, 2.75) is 33.6 Å². The summed E-state index contributed by atoms with van der Waals surface area (Å²) in [7, 11) is 0. The van der Waals surface area contributed by atoms with E-state index in [1.54, 1.807) is 6.33 Å². The van der Waals surface area contributed by atoms with Gasteiger partial charge in [0.25, 0.3) is 0 Å². The number of hydrogen-bond acceptors (Lipinski definition) is 2. The highest BCUT2D eigenvalue weighted by Crippen LogP contribution is 2.29. The van der Waals surface area contributed by atoms with Crippen LogP contribution in [0.1, 0.15) is 30.8 Å². The normalized spacial score (nSPS) is 27.0. The SMILES string of the molecule is Cc1ncnc2c1CC(C)C(C)C2. The van der Waals surface area contributed by atoms with Gasteiger partial charge in [-0.2, -0.15) is 0 Å². The number of fused-ring (bicyclic) bond motifs is 1. The van der Waals surface area contributed by atoms with Gasteiger partial charge in [-0.3, -0.25) is 0 Å². The first-order valence-corrected chi connectivity index (χ1v) is 4.98. The van der Waals surface area contributed by atoms with E-state index in [2.05, 4.69) is 30.7 Å². The molecule has 70 valence electrons. The predicted molar refractivity (Wildman–Crippen MR) is 52.5 cm³/mol. The topological polar surface area (TPSA) is 25.8 Å². The lowest BCUT2D eigenvalue weighted by molar-refractivity contribution is 0.354. The molecule has 2 heteroatoms. The van der Waals surface area contributed by atoms with Crippen molar-refractivity contribution in [1.29, 1.82) is 0 Å². The van der Waals surface area contributed by atoms with Crippen LogP contribution in [0.25, 0.3) is 0 Å². The summed E-state index contributed by atoms with van der Waals surface area (Å²) in [5.74, 6) is 1.54. The molecule has 2 nitrogen and oxygen atoms in total. The zero-order valence-corrected chi connectivity index (χ0v) is 8.54. The lowest BCUT2D eigenvalue weighted by atomic mass is 9.79. The molecule has 0 bridgehead atoms. The van der Waals surface area contributed by atoms with Crippen molar-refractivity contribution in [2.24, 2.45) is 11.8 Å². The average molecular weight is 176 g/mol. The van der Waals surface area contributed by atoms with Crippen molar-refractivity contribution < 1.29 is 0 Å². The van der Waals surface area contributed by atoms with Gasteiger partial charge in [-0.1, -0.05) is 13.8 Å². The summed E-state index contributed by atoms with van der Waals surface area (Å²) in [6, 6.07) is 0. The number of aromatic nitrogens is 2. The fourth-order valence-electron chi connectivity index (χ4n) is 2.02. The minimum Gasteiger partial charge on any atom is -0.241 e. The first-order valence-electron chi connectivity index (χ1n) is 4.98. The summed E-state index contributed by atoms with van der Waals surface area (Å²) >= 11 is 0. The van der Waals surface area contributed by atoms with Crippen molar-refractivity contribution in [2.75, 3.05) is 0 Å². The molecule has 0 aliphatic heterocycles. The summed E-state index contributed by atoms with van der Waals surface area (Å²) < 4.78 is 0. The second kappa shape index (κ2) is 3.09. The molecule has 1 heterocycles. The fraction of sp³-hybridized carbons (Fsp3) is 0.636. The van der Waals surface area contributed by atoms with Gasteiger partial charge in [-0.05, 0) is 37.2 Å². The van der Waals surface area contributed by atoms with Crippen LogP contribution in [0.2, 0.25) is 0 Å². The fourth-order valence-corrected chi connectivity index (χ4v) is 2.02. The maximum atomic E-state index is 4.35. The molecule has 0 radical (unpaired) electrons. The van der Waals surface area contributed by atoms with Crippen molar-refractivity contribution in [1.82, 2.24) is 9.97 Å². The first-order chi connectivity index (χ1) is 6.18. The van der Waals surface area contributed by atoms with E-state index >= 15 is 0 Å². The maximum Gasteiger partial charge on any atom is 0.115 e. The summed E-state index contributed by atoms with van der Waals surface area (Å²) in [5.41, 5.74) is 3.84. The van der Waals surface area contributed by atoms with Crippen molar-refractivity contribution in [3.05, 3.63) is 23.3 Å². The molecule has 2 atom stereocenters. The van der Waals surface area contributed by atoms with Gasteiger partial charge in [-0.15, -0.1) is 0 Å². The Morgan fingerprint density at radius 2 is 1.85 bits per heavy atom. The van der Waals surface area contributed by atoms with Crippen LogP contribution in [0.3, 0.4) is 0 Å². The van der Waals surface area contributed by atoms with Crippen molar-refractivity contribution in [3.8, 4) is 0 Å². The molecule has 1 aromatic rings. The van der Waals surface area contributed by atoms with Gasteiger partial charge < -0.3 is 0 Å². The van der Waals surface area contributed by atoms with Gasteiger partial charge in [0, 0.05) is 11.4 Å². The van der Waals surface area contributed by atoms with Crippen molar-refractivity contribution in [3.63, 3.8) is 0 Å². The second-order valence-corrected chi connectivity index (χ2v) is 4.25. The lowest BCUT2D eigenvalue weighted by Crippen LogP contribution is -2.23. The van der Waals surface area contributed by atoms with Crippen LogP contribution in [-0.4, -0.2) is 9.97 Å². The van der Waals surface area contributed by atoms with Crippen LogP contribution < -0.4 is 0 Å². The van der Waals surface area contributed by atoms with Crippen LogP contribution in [0.4, 0.5) is 0 Å². The van der Waals surface area contributed by atoms with Gasteiger partial charge in [-0.25, -0.2) is 9.97 Å². The molecular weight excluding hydrogens is 160 g/mol. The summed E-state index contributed by atoms with van der Waals surface area (Å²) in [6.45, 7) is 6.72. The van der Waals surface area contributed by atoms with E-state index in [1.165, 1.54) is 17.0 Å². The Bertz CT molecular complexity index is 320. The molecule has 1 aromatic heterocycles. The molecule has 0 saturated carbocycles. The van der Waals surface area contributed by atoms with E-state index in [0.29, 0.717) is 0 Å². The number of nitrogens with zero attached hydrogens (tertiary/aromatic N) is 2. The largest absolute Gasteiger partial charge is 0.241 e. The highest BCUT2D eigenvalue weighted by Gasteiger charge is 2.23. The monoisotopic (exact) mass is 176 g/mol. The third-order valence-corrected chi connectivity index (χ3v) is 3.26. The molecule has 1 aliphatic rings. The molecule has 0 saturated heterocycles. The highest BCUT2D eigenvalue weighted by molar-refractivity contribution is 5.27. The second-order valence-electron chi connectivity index (χ2n) is 4.25. The summed E-state index contributed by atoms with van der Waals surface area (Å²) in [6.07, 6.45) is 3.97. The predicted octanol–water partition coefficient (Wildman–Crippen LogP) is 2.16. The van der Waals surface area contributed by atoms with Gasteiger partial charge in [0.2, 0.25) is 0 Å². The zero-order valence-electron chi connectivity index (χ0n) is 8.54. The Labute approximate surface area is 79.4 Å². The van der Waals surface area contributed by atoms with Crippen LogP contribution in [0.15, 0.2) is 6.33 Å². The summed E-state index contributed by atoms with van der Waals surface area (Å²) in [4.78, 5) is 8.59. The molecular formula is C11H16N2. The Hall–Kier alpha value is -0.920. The molecule has 0 amide bonds. The van der Waals surface area contributed by atoms with E-state index in [0.717, 1.165) is 24.7 Å². The Kier molecular flexibility index (Phi) is 2.06. The van der Waals surface area contributed by atoms with Crippen LogP contribution in [0.5, 0.6) is 0 Å². The van der Waals surface area contributed by atoms with E-state index in [-0.39, 0.29) is 0 Å². The van der Waals surface area contributed by atoms with Gasteiger partial charge >= 0.3 is 0 Å². The average Bonchev–Trinajstić information content (AvgIpc) is 2.09. The van der Waals surface area contributed by atoms with Gasteiger partial charge in [0.05, 0.1) is 0 Å². The van der Waals surface area contributed by atoms with Crippen LogP contribution in [0, 0.1) is 18.8 Å². The molecule has 1 aliphatic carbocycles. The lowest BCUT2D eigenvalue weighted by Gasteiger charge is -2.27. The quantitative estimate of drug-likeness (QED) is 0.605. The maximum absolute atomic E-state index is 4.35. The van der Waals surface area contributed by atoms with E-state index in [1.807, 2.05) is 0 Å². The molecule has 0 aromatic carbocycles. The summed E-state index contributed by atoms with van der Waals surface area (Å²) in [5, 5.41) is 0. The third-order valence-electron chi connectivity index (χ3n) is 3.26. The van der Waals surface area contributed by atoms with E-state index in [4.69, 9.17) is 0 Å². The Morgan fingerprint density at radius 1 is 1.15 bits per heavy atom. The molecule has 13 heavy (non-hydrogen) atoms. The van der Waals surface area contributed by atoms with E-state index < -0.39 is 0 Å². The van der Waals surface area contributed by atoms with Gasteiger partial charge in [0.1, 0.15) is 6.33 Å². The molecule has 2 rings (SSSR count). The number of rotatable bonds is 0. The molecule has 0 fully saturated rings. The molecule has 0 N–H and O–H groups in total. The standard InChI is InChI=1S/C11H16N2/c1-7-4-10-9(3)12-6-13-11(10)5-8(7)2/h6-8H,4-5H2,1-3H3. The van der Waals surface area contributed by atoms with Crippen molar-refractivity contribution >= 4 is 0 Å². The van der Waals surface area contributed by atoms with Crippen LogP contribution >= 0.6 is 0 Å². The highest BCUT2D eigenvalue weighted by atomic mass is 14.8. The zero-order chi connectivity index (χ0) is 9.42. The smallest absolute Gasteiger partial charge is 0.115 e. The van der Waals surface area contributed by atoms with E-state index in [9.17, 15) is 0 Å². The van der Waals surface area contributed by atoms with Gasteiger partial charge in [0.15, 0.2) is 0 Å². The Morgan fingerprint density at radius 3 is 2.62 bits per heavy atom. The minimum atomic E-state index is 0.766. The minimum absolute atomic E-state index is 0.766. The number of hydrogen-bond donors (Lipinski definition) is 0. The molecule has 2 unspecified atom stereocenters. The molecule has 0 spiro atoms.